The van der Waals surface area contributed by atoms with Gasteiger partial charge in [-0.1, -0.05) is 0 Å². The van der Waals surface area contributed by atoms with E-state index in [9.17, 15) is 14.5 Å². The molecule has 0 aliphatic rings. The van der Waals surface area contributed by atoms with Crippen LogP contribution in [0.2, 0.25) is 0 Å². The zero-order chi connectivity index (χ0) is 14.0. The maximum Gasteiger partial charge on any atom is 0.293 e. The molecule has 0 atom stereocenters. The number of rotatable bonds is 4. The van der Waals surface area contributed by atoms with Gasteiger partial charge in [-0.15, -0.1) is 11.3 Å². The lowest BCUT2D eigenvalue weighted by Crippen LogP contribution is -2.03. The van der Waals surface area contributed by atoms with E-state index in [0.717, 1.165) is 16.0 Å². The number of nitro benzene ring substituents is 1. The van der Waals surface area contributed by atoms with Gasteiger partial charge in [-0.2, -0.15) is 0 Å². The molecule has 8 heteroatoms. The van der Waals surface area contributed by atoms with E-state index < -0.39 is 10.7 Å². The summed E-state index contributed by atoms with van der Waals surface area (Å²) in [5.74, 6) is -0.482. The smallest absolute Gasteiger partial charge is 0.293 e. The van der Waals surface area contributed by atoms with Crippen molar-refractivity contribution in [1.82, 2.24) is 4.98 Å². The Balaban J connectivity index is 2.23. The fourth-order valence-corrected chi connectivity index (χ4v) is 2.66. The van der Waals surface area contributed by atoms with Crippen LogP contribution in [0, 0.1) is 26.4 Å². The maximum atomic E-state index is 13.5. The molecule has 2 rings (SSSR count). The normalized spacial score (nSPS) is 10.5. The van der Waals surface area contributed by atoms with Gasteiger partial charge in [-0.3, -0.25) is 10.1 Å². The summed E-state index contributed by atoms with van der Waals surface area (Å²) in [6.45, 7) is 2.26. The zero-order valence-electron chi connectivity index (χ0n) is 9.81. The summed E-state index contributed by atoms with van der Waals surface area (Å²) in [5, 5.41) is 14.6. The minimum Gasteiger partial charge on any atom is -0.373 e. The van der Waals surface area contributed by atoms with E-state index in [0.29, 0.717) is 6.54 Å². The van der Waals surface area contributed by atoms with Gasteiger partial charge in [0.05, 0.1) is 15.0 Å². The molecule has 19 heavy (non-hydrogen) atoms. The highest BCUT2D eigenvalue weighted by Crippen LogP contribution is 2.29. The summed E-state index contributed by atoms with van der Waals surface area (Å²) >= 11 is 3.22. The number of nitrogens with zero attached hydrogens (tertiary/aromatic N) is 2. The van der Waals surface area contributed by atoms with Crippen molar-refractivity contribution in [2.45, 2.75) is 13.5 Å². The van der Waals surface area contributed by atoms with Gasteiger partial charge in [-0.05, 0) is 29.5 Å². The molecule has 100 valence electrons. The van der Waals surface area contributed by atoms with Crippen LogP contribution in [-0.4, -0.2) is 9.91 Å². The molecule has 2 aromatic rings. The van der Waals surface area contributed by atoms with Crippen molar-refractivity contribution < 1.29 is 9.31 Å². The number of nitro groups is 1. The molecule has 0 saturated carbocycles. The van der Waals surface area contributed by atoms with E-state index >= 15 is 0 Å². The number of halogens is 2. The zero-order valence-corrected chi connectivity index (χ0v) is 12.8. The molecule has 0 amide bonds. The molecule has 0 spiro atoms. The van der Waals surface area contributed by atoms with Crippen LogP contribution in [0.3, 0.4) is 0 Å². The lowest BCUT2D eigenvalue weighted by molar-refractivity contribution is -0.384. The SMILES string of the molecule is Cc1cnc(CNc2cc(F)c(I)cc2[N+](=O)[O-])s1. The second kappa shape index (κ2) is 5.78. The molecule has 0 fully saturated rings. The molecule has 0 unspecified atom stereocenters. The number of thiazole rings is 1. The molecular weight excluding hydrogens is 384 g/mol. The minimum absolute atomic E-state index is 0.140. The third kappa shape index (κ3) is 3.38. The van der Waals surface area contributed by atoms with Crippen molar-refractivity contribution in [3.05, 3.63) is 47.7 Å². The molecule has 0 aliphatic carbocycles. The fourth-order valence-electron chi connectivity index (χ4n) is 1.48. The summed E-state index contributed by atoms with van der Waals surface area (Å²) in [6, 6.07) is 2.35. The van der Waals surface area contributed by atoms with Gasteiger partial charge >= 0.3 is 0 Å². The molecule has 0 aliphatic heterocycles. The van der Waals surface area contributed by atoms with Crippen LogP contribution in [0.5, 0.6) is 0 Å². The van der Waals surface area contributed by atoms with E-state index in [1.165, 1.54) is 17.4 Å². The van der Waals surface area contributed by atoms with E-state index in [1.807, 2.05) is 6.92 Å². The predicted octanol–water partition coefficient (Wildman–Crippen LogP) is 3.72. The Labute approximate surface area is 126 Å². The Morgan fingerprint density at radius 2 is 2.32 bits per heavy atom. The lowest BCUT2D eigenvalue weighted by Gasteiger charge is -2.06. The summed E-state index contributed by atoms with van der Waals surface area (Å²) in [4.78, 5) is 15.6. The van der Waals surface area contributed by atoms with Gasteiger partial charge in [0.15, 0.2) is 0 Å². The summed E-state index contributed by atoms with van der Waals surface area (Å²) in [7, 11) is 0. The highest BCUT2D eigenvalue weighted by atomic mass is 127. The van der Waals surface area contributed by atoms with Gasteiger partial charge in [0, 0.05) is 23.2 Å². The second-order valence-electron chi connectivity index (χ2n) is 3.76. The van der Waals surface area contributed by atoms with Crippen molar-refractivity contribution in [2.24, 2.45) is 0 Å². The number of benzene rings is 1. The van der Waals surface area contributed by atoms with Crippen molar-refractivity contribution in [3.8, 4) is 0 Å². The Morgan fingerprint density at radius 3 is 2.89 bits per heavy atom. The number of nitrogens with one attached hydrogen (secondary N) is 1. The van der Waals surface area contributed by atoms with E-state index in [-0.39, 0.29) is 14.9 Å². The Hall–Kier alpha value is -1.29. The summed E-state index contributed by atoms with van der Waals surface area (Å²) in [6.07, 6.45) is 1.73. The van der Waals surface area contributed by atoms with Crippen molar-refractivity contribution in [3.63, 3.8) is 0 Å². The molecule has 5 nitrogen and oxygen atoms in total. The largest absolute Gasteiger partial charge is 0.373 e. The highest BCUT2D eigenvalue weighted by Gasteiger charge is 2.17. The van der Waals surface area contributed by atoms with Gasteiger partial charge in [0.2, 0.25) is 0 Å². The minimum atomic E-state index is -0.531. The number of aryl methyl sites for hydroxylation is 1. The average Bonchev–Trinajstić information content (AvgIpc) is 2.76. The summed E-state index contributed by atoms with van der Waals surface area (Å²) in [5.41, 5.74) is 0.0230. The van der Waals surface area contributed by atoms with Crippen LogP contribution >= 0.6 is 33.9 Å². The Bertz CT molecular complexity index is 632. The average molecular weight is 393 g/mol. The Kier molecular flexibility index (Phi) is 4.30. The molecule has 1 N–H and O–H groups in total. The first-order valence-electron chi connectivity index (χ1n) is 5.26. The highest BCUT2D eigenvalue weighted by molar-refractivity contribution is 14.1. The van der Waals surface area contributed by atoms with Crippen LogP contribution in [0.25, 0.3) is 0 Å². The first-order valence-corrected chi connectivity index (χ1v) is 7.15. The van der Waals surface area contributed by atoms with E-state index in [1.54, 1.807) is 28.8 Å². The fraction of sp³-hybridized carbons (Fsp3) is 0.182. The van der Waals surface area contributed by atoms with Crippen molar-refractivity contribution in [2.75, 3.05) is 5.32 Å². The van der Waals surface area contributed by atoms with Crippen LogP contribution in [0.15, 0.2) is 18.3 Å². The second-order valence-corrected chi connectivity index (χ2v) is 6.24. The van der Waals surface area contributed by atoms with Crippen molar-refractivity contribution in [1.29, 1.82) is 0 Å². The van der Waals surface area contributed by atoms with Gasteiger partial charge in [0.25, 0.3) is 5.69 Å². The van der Waals surface area contributed by atoms with Crippen LogP contribution in [0.4, 0.5) is 15.8 Å². The van der Waals surface area contributed by atoms with Crippen LogP contribution in [-0.2, 0) is 6.54 Å². The Morgan fingerprint density at radius 1 is 1.58 bits per heavy atom. The van der Waals surface area contributed by atoms with Crippen LogP contribution < -0.4 is 5.32 Å². The van der Waals surface area contributed by atoms with E-state index in [4.69, 9.17) is 0 Å². The van der Waals surface area contributed by atoms with Crippen LogP contribution in [0.1, 0.15) is 9.88 Å². The molecule has 0 radical (unpaired) electrons. The molecule has 1 aromatic carbocycles. The van der Waals surface area contributed by atoms with Gasteiger partial charge < -0.3 is 5.32 Å². The number of anilines is 1. The van der Waals surface area contributed by atoms with E-state index in [2.05, 4.69) is 10.3 Å². The topological polar surface area (TPSA) is 68.1 Å². The maximum absolute atomic E-state index is 13.5. The number of aromatic nitrogens is 1. The molecule has 1 aromatic heterocycles. The molecule has 1 heterocycles. The number of hydrogen-bond donors (Lipinski definition) is 1. The third-order valence-electron chi connectivity index (χ3n) is 2.33. The molecular formula is C11H9FIN3O2S. The van der Waals surface area contributed by atoms with Crippen molar-refractivity contribution >= 4 is 45.3 Å². The lowest BCUT2D eigenvalue weighted by atomic mass is 10.2. The summed E-state index contributed by atoms with van der Waals surface area (Å²) < 4.78 is 13.7. The monoisotopic (exact) mass is 393 g/mol. The first-order chi connectivity index (χ1) is 8.97. The predicted molar refractivity (Wildman–Crippen MR) is 79.9 cm³/mol. The number of hydrogen-bond acceptors (Lipinski definition) is 5. The quantitative estimate of drug-likeness (QED) is 0.489. The molecule has 0 saturated heterocycles. The standard InChI is InChI=1S/C11H9FIN3O2S/c1-6-4-15-11(19-6)5-14-9-2-7(12)8(13)3-10(9)16(17)18/h2-4,14H,5H2,1H3. The van der Waals surface area contributed by atoms with Gasteiger partial charge in [-0.25, -0.2) is 9.37 Å². The van der Waals surface area contributed by atoms with Gasteiger partial charge in [0.1, 0.15) is 16.5 Å². The first kappa shape index (κ1) is 14.1. The third-order valence-corrected chi connectivity index (χ3v) is 4.07. The molecule has 0 bridgehead atoms.